The van der Waals surface area contributed by atoms with Gasteiger partial charge in [-0.25, -0.2) is 0 Å². The molecule has 0 fully saturated rings. The first-order valence-electron chi connectivity index (χ1n) is 4.98. The van der Waals surface area contributed by atoms with Gasteiger partial charge in [-0.1, -0.05) is 15.9 Å². The second-order valence-electron chi connectivity index (χ2n) is 3.73. The largest absolute Gasteiger partial charge is 0.508 e. The lowest BCUT2D eigenvalue weighted by Gasteiger charge is -2.13. The number of nitrogens with two attached hydrogens (primary N) is 1. The van der Waals surface area contributed by atoms with E-state index in [1.54, 1.807) is 18.2 Å². The highest BCUT2D eigenvalue weighted by molar-refractivity contribution is 9.10. The summed E-state index contributed by atoms with van der Waals surface area (Å²) in [7, 11) is 0. The van der Waals surface area contributed by atoms with Gasteiger partial charge in [0.2, 0.25) is 5.91 Å². The molecule has 5 heteroatoms. The van der Waals surface area contributed by atoms with Gasteiger partial charge in [0.15, 0.2) is 0 Å². The molecular weight excluding hydrogens is 272 g/mol. The van der Waals surface area contributed by atoms with Crippen LogP contribution < -0.4 is 11.1 Å². The average molecular weight is 287 g/mol. The van der Waals surface area contributed by atoms with Crippen molar-refractivity contribution in [3.05, 3.63) is 28.2 Å². The first kappa shape index (κ1) is 13.0. The third kappa shape index (κ3) is 4.20. The number of amides is 1. The maximum absolute atomic E-state index is 10.7. The van der Waals surface area contributed by atoms with E-state index in [1.807, 2.05) is 6.92 Å². The Morgan fingerprint density at radius 3 is 2.94 bits per heavy atom. The number of nitrogens with one attached hydrogen (secondary N) is 1. The zero-order chi connectivity index (χ0) is 12.1. The Bertz CT molecular complexity index is 382. The number of halogens is 1. The minimum atomic E-state index is -0.324. The number of primary amides is 1. The average Bonchev–Trinajstić information content (AvgIpc) is 2.18. The molecule has 1 unspecified atom stereocenters. The second-order valence-corrected chi connectivity index (χ2v) is 4.58. The summed E-state index contributed by atoms with van der Waals surface area (Å²) in [4.78, 5) is 10.7. The van der Waals surface area contributed by atoms with Crippen LogP contribution in [0.15, 0.2) is 22.7 Å². The molecule has 0 aromatic heterocycles. The van der Waals surface area contributed by atoms with Gasteiger partial charge in [-0.15, -0.1) is 0 Å². The minimum Gasteiger partial charge on any atom is -0.508 e. The second kappa shape index (κ2) is 5.86. The van der Waals surface area contributed by atoms with Gasteiger partial charge >= 0.3 is 0 Å². The Labute approximate surface area is 103 Å². The van der Waals surface area contributed by atoms with Crippen LogP contribution in [-0.2, 0) is 11.3 Å². The standard InChI is InChI=1S/C11H15BrN2O2/c1-7(4-11(13)16)14-6-8-5-9(15)2-3-10(8)12/h2-3,5,7,14-15H,4,6H2,1H3,(H2,13,16). The number of rotatable bonds is 5. The molecule has 4 nitrogen and oxygen atoms in total. The minimum absolute atomic E-state index is 0.0201. The molecule has 1 aromatic carbocycles. The number of phenolic OH excluding ortho intramolecular Hbond substituents is 1. The van der Waals surface area contributed by atoms with Gasteiger partial charge in [-0.05, 0) is 30.7 Å². The van der Waals surface area contributed by atoms with Crippen LogP contribution >= 0.6 is 15.9 Å². The van der Waals surface area contributed by atoms with E-state index in [4.69, 9.17) is 5.73 Å². The molecule has 0 spiro atoms. The van der Waals surface area contributed by atoms with Crippen LogP contribution in [-0.4, -0.2) is 17.1 Å². The van der Waals surface area contributed by atoms with E-state index >= 15 is 0 Å². The van der Waals surface area contributed by atoms with Crippen molar-refractivity contribution in [2.24, 2.45) is 5.73 Å². The topological polar surface area (TPSA) is 75.4 Å². The van der Waals surface area contributed by atoms with Crippen LogP contribution in [0.25, 0.3) is 0 Å². The van der Waals surface area contributed by atoms with Crippen LogP contribution in [0, 0.1) is 0 Å². The SMILES string of the molecule is CC(CC(N)=O)NCc1cc(O)ccc1Br. The van der Waals surface area contributed by atoms with E-state index < -0.39 is 0 Å². The Hall–Kier alpha value is -1.07. The van der Waals surface area contributed by atoms with Crippen molar-refractivity contribution in [2.75, 3.05) is 0 Å². The van der Waals surface area contributed by atoms with Crippen molar-refractivity contribution in [1.29, 1.82) is 0 Å². The van der Waals surface area contributed by atoms with Crippen LogP contribution in [0.5, 0.6) is 5.75 Å². The molecule has 16 heavy (non-hydrogen) atoms. The number of carbonyl (C=O) groups is 1. The van der Waals surface area contributed by atoms with Gasteiger partial charge in [0.1, 0.15) is 5.75 Å². The van der Waals surface area contributed by atoms with Crippen LogP contribution in [0.3, 0.4) is 0 Å². The summed E-state index contributed by atoms with van der Waals surface area (Å²) in [6.45, 7) is 2.46. The smallest absolute Gasteiger partial charge is 0.218 e. The summed E-state index contributed by atoms with van der Waals surface area (Å²) < 4.78 is 0.920. The summed E-state index contributed by atoms with van der Waals surface area (Å²) >= 11 is 3.39. The fourth-order valence-corrected chi connectivity index (χ4v) is 1.74. The highest BCUT2D eigenvalue weighted by atomic mass is 79.9. The number of benzene rings is 1. The lowest BCUT2D eigenvalue weighted by Crippen LogP contribution is -2.30. The van der Waals surface area contributed by atoms with E-state index in [0.717, 1.165) is 10.0 Å². The lowest BCUT2D eigenvalue weighted by atomic mass is 10.2. The van der Waals surface area contributed by atoms with Crippen molar-refractivity contribution >= 4 is 21.8 Å². The Balaban J connectivity index is 2.54. The highest BCUT2D eigenvalue weighted by Crippen LogP contribution is 2.21. The molecule has 0 saturated carbocycles. The maximum Gasteiger partial charge on any atom is 0.218 e. The third-order valence-electron chi connectivity index (χ3n) is 2.18. The van der Waals surface area contributed by atoms with E-state index in [1.165, 1.54) is 0 Å². The zero-order valence-electron chi connectivity index (χ0n) is 9.03. The van der Waals surface area contributed by atoms with Crippen molar-refractivity contribution in [2.45, 2.75) is 25.9 Å². The number of carbonyl (C=O) groups excluding carboxylic acids is 1. The number of phenols is 1. The first-order chi connectivity index (χ1) is 7.49. The fraction of sp³-hybridized carbons (Fsp3) is 0.364. The molecule has 0 heterocycles. The van der Waals surface area contributed by atoms with Crippen molar-refractivity contribution in [1.82, 2.24) is 5.32 Å². The van der Waals surface area contributed by atoms with E-state index in [2.05, 4.69) is 21.2 Å². The number of hydrogen-bond donors (Lipinski definition) is 3. The third-order valence-corrected chi connectivity index (χ3v) is 2.95. The van der Waals surface area contributed by atoms with Gasteiger partial charge in [0.05, 0.1) is 0 Å². The maximum atomic E-state index is 10.7. The molecule has 0 aliphatic rings. The zero-order valence-corrected chi connectivity index (χ0v) is 10.6. The normalized spacial score (nSPS) is 12.4. The molecule has 1 atom stereocenters. The van der Waals surface area contributed by atoms with E-state index in [-0.39, 0.29) is 17.7 Å². The molecule has 1 rings (SSSR count). The molecule has 1 aromatic rings. The quantitative estimate of drug-likeness (QED) is 0.768. The van der Waals surface area contributed by atoms with Crippen molar-refractivity contribution in [3.63, 3.8) is 0 Å². The van der Waals surface area contributed by atoms with Gasteiger partial charge in [-0.3, -0.25) is 4.79 Å². The van der Waals surface area contributed by atoms with E-state index in [0.29, 0.717) is 13.0 Å². The highest BCUT2D eigenvalue weighted by Gasteiger charge is 2.07. The molecular formula is C11H15BrN2O2. The van der Waals surface area contributed by atoms with Crippen molar-refractivity contribution < 1.29 is 9.90 Å². The molecule has 0 saturated heterocycles. The summed E-state index contributed by atoms with van der Waals surface area (Å²) in [6, 6.07) is 5.09. The lowest BCUT2D eigenvalue weighted by molar-refractivity contribution is -0.118. The Morgan fingerprint density at radius 1 is 1.62 bits per heavy atom. The van der Waals surface area contributed by atoms with Crippen LogP contribution in [0.2, 0.25) is 0 Å². The van der Waals surface area contributed by atoms with Crippen LogP contribution in [0.1, 0.15) is 18.9 Å². The molecule has 0 aliphatic carbocycles. The molecule has 0 bridgehead atoms. The predicted octanol–water partition coefficient (Wildman–Crippen LogP) is 1.51. The summed E-state index contributed by atoms with van der Waals surface area (Å²) in [5.41, 5.74) is 6.03. The van der Waals surface area contributed by atoms with Crippen LogP contribution in [0.4, 0.5) is 0 Å². The number of aromatic hydroxyl groups is 1. The van der Waals surface area contributed by atoms with Gasteiger partial charge in [0, 0.05) is 23.5 Å². The molecule has 0 radical (unpaired) electrons. The monoisotopic (exact) mass is 286 g/mol. The molecule has 4 N–H and O–H groups in total. The molecule has 1 amide bonds. The summed E-state index contributed by atoms with van der Waals surface area (Å²) in [5, 5.41) is 12.5. The first-order valence-corrected chi connectivity index (χ1v) is 5.77. The van der Waals surface area contributed by atoms with Crippen molar-refractivity contribution in [3.8, 4) is 5.75 Å². The predicted molar refractivity (Wildman–Crippen MR) is 65.9 cm³/mol. The van der Waals surface area contributed by atoms with Gasteiger partial charge < -0.3 is 16.2 Å². The van der Waals surface area contributed by atoms with Gasteiger partial charge in [-0.2, -0.15) is 0 Å². The fourth-order valence-electron chi connectivity index (χ4n) is 1.35. The van der Waals surface area contributed by atoms with Gasteiger partial charge in [0.25, 0.3) is 0 Å². The molecule has 0 aliphatic heterocycles. The van der Waals surface area contributed by atoms with E-state index in [9.17, 15) is 9.90 Å². The summed E-state index contributed by atoms with van der Waals surface area (Å²) in [5.74, 6) is -0.0995. The summed E-state index contributed by atoms with van der Waals surface area (Å²) in [6.07, 6.45) is 0.302. The Kier molecular flexibility index (Phi) is 4.76. The molecule has 88 valence electrons. The number of hydrogen-bond acceptors (Lipinski definition) is 3. The Morgan fingerprint density at radius 2 is 2.31 bits per heavy atom.